The van der Waals surface area contributed by atoms with Gasteiger partial charge in [-0.05, 0) is 6.07 Å². The number of fused-ring (bicyclic) bond motifs is 1. The molecule has 2 aromatic rings. The zero-order valence-electron chi connectivity index (χ0n) is 8.53. The second kappa shape index (κ2) is 3.66. The second-order valence-electron chi connectivity index (χ2n) is 3.57. The number of aromatic nitrogens is 1. The predicted octanol–water partition coefficient (Wildman–Crippen LogP) is 2.20. The third-order valence-electron chi connectivity index (χ3n) is 1.91. The van der Waals surface area contributed by atoms with E-state index in [2.05, 4.69) is 18.8 Å². The summed E-state index contributed by atoms with van der Waals surface area (Å²) < 4.78 is 4.91. The highest BCUT2D eigenvalue weighted by atomic mass is 32.2. The molecule has 0 bridgehead atoms. The molecule has 5 heteroatoms. The molecule has 0 aliphatic carbocycles. The van der Waals surface area contributed by atoms with Gasteiger partial charge in [-0.2, -0.15) is 0 Å². The van der Waals surface area contributed by atoms with Crippen LogP contribution in [0.2, 0.25) is 0 Å². The van der Waals surface area contributed by atoms with E-state index in [1.165, 1.54) is 0 Å². The van der Waals surface area contributed by atoms with Crippen molar-refractivity contribution in [1.29, 1.82) is 0 Å². The number of H-pyrrole nitrogens is 1. The molecule has 0 atom stereocenters. The second-order valence-corrected chi connectivity index (χ2v) is 5.19. The summed E-state index contributed by atoms with van der Waals surface area (Å²) >= 11 is 1.66. The highest BCUT2D eigenvalue weighted by Crippen LogP contribution is 2.31. The van der Waals surface area contributed by atoms with E-state index in [1.54, 1.807) is 17.8 Å². The fourth-order valence-electron chi connectivity index (χ4n) is 1.35. The van der Waals surface area contributed by atoms with Crippen LogP contribution >= 0.6 is 11.8 Å². The summed E-state index contributed by atoms with van der Waals surface area (Å²) in [4.78, 5) is 14.5. The third-order valence-corrected chi connectivity index (χ3v) is 2.99. The molecule has 80 valence electrons. The zero-order chi connectivity index (χ0) is 11.0. The zero-order valence-corrected chi connectivity index (χ0v) is 9.35. The van der Waals surface area contributed by atoms with Gasteiger partial charge in [-0.25, -0.2) is 4.79 Å². The lowest BCUT2D eigenvalue weighted by molar-refractivity contribution is 0.555. The number of hydrogen-bond acceptors (Lipinski definition) is 4. The van der Waals surface area contributed by atoms with Gasteiger partial charge in [0.1, 0.15) is 0 Å². The summed E-state index contributed by atoms with van der Waals surface area (Å²) in [5, 5.41) is 0.448. The van der Waals surface area contributed by atoms with Gasteiger partial charge >= 0.3 is 5.76 Å². The van der Waals surface area contributed by atoms with Gasteiger partial charge in [0.2, 0.25) is 0 Å². The molecule has 0 radical (unpaired) electrons. The van der Waals surface area contributed by atoms with E-state index in [-0.39, 0.29) is 0 Å². The highest BCUT2D eigenvalue weighted by molar-refractivity contribution is 8.00. The Morgan fingerprint density at radius 3 is 2.87 bits per heavy atom. The van der Waals surface area contributed by atoms with Gasteiger partial charge in [-0.15, -0.1) is 11.8 Å². The molecule has 0 saturated carbocycles. The summed E-state index contributed by atoms with van der Waals surface area (Å²) in [5.41, 5.74) is 7.69. The van der Waals surface area contributed by atoms with Crippen molar-refractivity contribution in [2.45, 2.75) is 24.0 Å². The van der Waals surface area contributed by atoms with Crippen molar-refractivity contribution in [2.75, 3.05) is 5.73 Å². The first kappa shape index (κ1) is 10.2. The van der Waals surface area contributed by atoms with Crippen molar-refractivity contribution in [3.05, 3.63) is 22.7 Å². The number of anilines is 1. The minimum absolute atomic E-state index is 0.448. The minimum atomic E-state index is -0.448. The van der Waals surface area contributed by atoms with Crippen molar-refractivity contribution < 1.29 is 4.42 Å². The van der Waals surface area contributed by atoms with Crippen LogP contribution in [0.1, 0.15) is 13.8 Å². The molecular weight excluding hydrogens is 212 g/mol. The summed E-state index contributed by atoms with van der Waals surface area (Å²) in [6.45, 7) is 4.18. The maximum absolute atomic E-state index is 11.0. The number of benzene rings is 1. The Labute approximate surface area is 90.8 Å². The number of nitrogen functional groups attached to an aromatic ring is 1. The summed E-state index contributed by atoms with van der Waals surface area (Å²) in [6.07, 6.45) is 0. The average molecular weight is 224 g/mol. The minimum Gasteiger partial charge on any atom is -0.408 e. The fraction of sp³-hybridized carbons (Fsp3) is 0.300. The molecule has 15 heavy (non-hydrogen) atoms. The van der Waals surface area contributed by atoms with Gasteiger partial charge < -0.3 is 10.2 Å². The maximum Gasteiger partial charge on any atom is 0.417 e. The van der Waals surface area contributed by atoms with E-state index in [9.17, 15) is 4.79 Å². The van der Waals surface area contributed by atoms with Crippen molar-refractivity contribution >= 4 is 28.5 Å². The number of hydrogen-bond donors (Lipinski definition) is 2. The molecule has 1 aromatic heterocycles. The van der Waals surface area contributed by atoms with Crippen LogP contribution in [0.25, 0.3) is 11.1 Å². The summed E-state index contributed by atoms with van der Waals surface area (Å²) in [6, 6.07) is 3.53. The fourth-order valence-corrected chi connectivity index (χ4v) is 2.24. The van der Waals surface area contributed by atoms with Gasteiger partial charge in [0.15, 0.2) is 5.58 Å². The lowest BCUT2D eigenvalue weighted by Crippen LogP contribution is -1.93. The molecule has 3 N–H and O–H groups in total. The summed E-state index contributed by atoms with van der Waals surface area (Å²) in [5.74, 6) is -0.448. The van der Waals surface area contributed by atoms with Gasteiger partial charge in [0.25, 0.3) is 0 Å². The average Bonchev–Trinajstić information content (AvgIpc) is 2.44. The standard InChI is InChI=1S/C10H12N2O2S/c1-5(2)15-9-4-7-8(3-6(9)11)14-10(13)12-7/h3-5H,11H2,1-2H3,(H,12,13). The molecule has 4 nitrogen and oxygen atoms in total. The van der Waals surface area contributed by atoms with Crippen LogP contribution in [-0.4, -0.2) is 10.2 Å². The Hall–Kier alpha value is -1.36. The molecule has 0 aliphatic heterocycles. The molecule has 1 heterocycles. The number of rotatable bonds is 2. The van der Waals surface area contributed by atoms with Crippen molar-refractivity contribution in [3.63, 3.8) is 0 Å². The smallest absolute Gasteiger partial charge is 0.408 e. The molecular formula is C10H12N2O2S. The first-order valence-electron chi connectivity index (χ1n) is 4.65. The Morgan fingerprint density at radius 1 is 1.47 bits per heavy atom. The van der Waals surface area contributed by atoms with Crippen LogP contribution in [-0.2, 0) is 0 Å². The normalized spacial score (nSPS) is 11.4. The SMILES string of the molecule is CC(C)Sc1cc2[nH]c(=O)oc2cc1N. The van der Waals surface area contributed by atoms with E-state index >= 15 is 0 Å². The third kappa shape index (κ3) is 2.02. The number of oxazole rings is 1. The van der Waals surface area contributed by atoms with E-state index in [0.29, 0.717) is 22.0 Å². The summed E-state index contributed by atoms with van der Waals surface area (Å²) in [7, 11) is 0. The van der Waals surface area contributed by atoms with Crippen molar-refractivity contribution in [1.82, 2.24) is 4.98 Å². The van der Waals surface area contributed by atoms with E-state index in [1.807, 2.05) is 6.07 Å². The Balaban J connectivity index is 2.56. The van der Waals surface area contributed by atoms with Gasteiger partial charge in [-0.1, -0.05) is 13.8 Å². The molecule has 0 amide bonds. The van der Waals surface area contributed by atoms with Gasteiger partial charge in [0.05, 0.1) is 5.52 Å². The topological polar surface area (TPSA) is 72.0 Å². The van der Waals surface area contributed by atoms with Gasteiger partial charge in [0, 0.05) is 21.9 Å². The van der Waals surface area contributed by atoms with Crippen LogP contribution in [0.15, 0.2) is 26.2 Å². The first-order valence-corrected chi connectivity index (χ1v) is 5.53. The van der Waals surface area contributed by atoms with Crippen LogP contribution in [0, 0.1) is 0 Å². The Bertz CT molecular complexity index is 542. The van der Waals surface area contributed by atoms with E-state index in [0.717, 1.165) is 4.90 Å². The molecule has 0 saturated heterocycles. The lowest BCUT2D eigenvalue weighted by Gasteiger charge is -2.07. The molecule has 0 unspecified atom stereocenters. The quantitative estimate of drug-likeness (QED) is 0.606. The molecule has 0 aliphatic rings. The van der Waals surface area contributed by atoms with Gasteiger partial charge in [-0.3, -0.25) is 4.98 Å². The monoisotopic (exact) mass is 224 g/mol. The van der Waals surface area contributed by atoms with Crippen molar-refractivity contribution in [2.24, 2.45) is 0 Å². The van der Waals surface area contributed by atoms with Crippen LogP contribution in [0.4, 0.5) is 5.69 Å². The lowest BCUT2D eigenvalue weighted by atomic mass is 10.3. The van der Waals surface area contributed by atoms with E-state index < -0.39 is 5.76 Å². The number of nitrogens with two attached hydrogens (primary N) is 1. The van der Waals surface area contributed by atoms with E-state index in [4.69, 9.17) is 10.2 Å². The first-order chi connectivity index (χ1) is 7.06. The molecule has 0 spiro atoms. The number of aromatic amines is 1. The highest BCUT2D eigenvalue weighted by Gasteiger charge is 2.08. The molecule has 2 rings (SSSR count). The predicted molar refractivity (Wildman–Crippen MR) is 62.2 cm³/mol. The maximum atomic E-state index is 11.0. The largest absolute Gasteiger partial charge is 0.417 e. The van der Waals surface area contributed by atoms with Crippen LogP contribution in [0.5, 0.6) is 0 Å². The van der Waals surface area contributed by atoms with Crippen LogP contribution < -0.4 is 11.5 Å². The number of thioether (sulfide) groups is 1. The molecule has 0 fully saturated rings. The molecule has 1 aromatic carbocycles. The number of nitrogens with one attached hydrogen (secondary N) is 1. The Kier molecular flexibility index (Phi) is 2.48. The Morgan fingerprint density at radius 2 is 2.20 bits per heavy atom. The van der Waals surface area contributed by atoms with Crippen molar-refractivity contribution in [3.8, 4) is 0 Å². The van der Waals surface area contributed by atoms with Crippen LogP contribution in [0.3, 0.4) is 0 Å².